The molecule has 0 bridgehead atoms. The summed E-state index contributed by atoms with van der Waals surface area (Å²) >= 11 is 0. The summed E-state index contributed by atoms with van der Waals surface area (Å²) < 4.78 is 5.42. The summed E-state index contributed by atoms with van der Waals surface area (Å²) in [6.07, 6.45) is 1.22. The Balaban J connectivity index is 1.85. The molecule has 0 saturated heterocycles. The molecule has 0 amide bonds. The highest BCUT2D eigenvalue weighted by molar-refractivity contribution is 5.50. The molecule has 4 atom stereocenters. The normalized spacial score (nSPS) is 25.7. The Labute approximate surface area is 124 Å². The van der Waals surface area contributed by atoms with E-state index in [4.69, 9.17) is 4.74 Å². The molecule has 0 radical (unpaired) electrons. The first kappa shape index (κ1) is 15.6. The van der Waals surface area contributed by atoms with Crippen LogP contribution in [0.15, 0.2) is 30.3 Å². The predicted octanol–water partition coefficient (Wildman–Crippen LogP) is 1.41. The van der Waals surface area contributed by atoms with Gasteiger partial charge in [0.05, 0.1) is 6.10 Å². The summed E-state index contributed by atoms with van der Waals surface area (Å²) in [5, 5.41) is 19.6. The zero-order valence-electron chi connectivity index (χ0n) is 11.8. The Bertz CT molecular complexity index is 503. The second-order valence-corrected chi connectivity index (χ2v) is 5.25. The minimum absolute atomic E-state index is 0.0309. The van der Waals surface area contributed by atoms with Crippen LogP contribution in [0.5, 0.6) is 5.75 Å². The van der Waals surface area contributed by atoms with Gasteiger partial charge in [-0.3, -0.25) is 0 Å². The molecule has 0 aromatic heterocycles. The lowest BCUT2D eigenvalue weighted by Gasteiger charge is -2.15. The molecule has 1 fully saturated rings. The average molecular weight is 288 g/mol. The molecule has 21 heavy (non-hydrogen) atoms. The van der Waals surface area contributed by atoms with E-state index in [-0.39, 0.29) is 18.4 Å². The Morgan fingerprint density at radius 3 is 2.81 bits per heavy atom. The van der Waals surface area contributed by atoms with Gasteiger partial charge in [-0.25, -0.2) is 0 Å². The number of benzene rings is 1. The molecule has 0 spiro atoms. The van der Waals surface area contributed by atoms with E-state index >= 15 is 0 Å². The number of aliphatic hydroxyl groups is 2. The Morgan fingerprint density at radius 1 is 1.33 bits per heavy atom. The van der Waals surface area contributed by atoms with Crippen molar-refractivity contribution in [1.82, 2.24) is 0 Å². The topological polar surface area (TPSA) is 66.8 Å². The molecule has 4 nitrogen and oxygen atoms in total. The third-order valence-electron chi connectivity index (χ3n) is 3.74. The molecule has 112 valence electrons. The van der Waals surface area contributed by atoms with Crippen molar-refractivity contribution in [3.8, 4) is 17.6 Å². The van der Waals surface area contributed by atoms with E-state index in [2.05, 4.69) is 11.8 Å². The zero-order chi connectivity index (χ0) is 15.1. The summed E-state index contributed by atoms with van der Waals surface area (Å²) in [6, 6.07) is 9.23. The molecule has 1 aliphatic rings. The fourth-order valence-corrected chi connectivity index (χ4v) is 2.60. The third kappa shape index (κ3) is 4.59. The molecular formula is C17H20O4. The molecular weight excluding hydrogens is 268 g/mol. The molecule has 1 aliphatic carbocycles. The second kappa shape index (κ2) is 7.82. The Morgan fingerprint density at radius 2 is 2.10 bits per heavy atom. The number of ether oxygens (including phenoxy) is 1. The van der Waals surface area contributed by atoms with Crippen LogP contribution in [-0.4, -0.2) is 35.3 Å². The molecule has 0 aliphatic heterocycles. The van der Waals surface area contributed by atoms with Gasteiger partial charge in [0.15, 0.2) is 0 Å². The number of para-hydroxylation sites is 1. The molecule has 4 unspecified atom stereocenters. The van der Waals surface area contributed by atoms with Crippen LogP contribution in [0.3, 0.4) is 0 Å². The van der Waals surface area contributed by atoms with Crippen LogP contribution in [0.1, 0.15) is 19.3 Å². The van der Waals surface area contributed by atoms with Gasteiger partial charge in [-0.15, -0.1) is 0 Å². The maximum absolute atomic E-state index is 10.6. The number of carbonyl (C=O) groups excluding carboxylic acids is 1. The van der Waals surface area contributed by atoms with Crippen LogP contribution in [-0.2, 0) is 4.79 Å². The van der Waals surface area contributed by atoms with Crippen LogP contribution in [0.4, 0.5) is 0 Å². The molecule has 2 N–H and O–H groups in total. The lowest BCUT2D eigenvalue weighted by Crippen LogP contribution is -2.20. The van der Waals surface area contributed by atoms with Gasteiger partial charge in [0, 0.05) is 18.3 Å². The molecule has 2 rings (SSSR count). The minimum atomic E-state index is -0.875. The van der Waals surface area contributed by atoms with Gasteiger partial charge in [0.2, 0.25) is 0 Å². The van der Waals surface area contributed by atoms with E-state index in [0.29, 0.717) is 18.6 Å². The van der Waals surface area contributed by atoms with Gasteiger partial charge < -0.3 is 19.7 Å². The SMILES string of the molecule is O=CCC1C(O)CCC1C#CC(O)COc1ccccc1. The van der Waals surface area contributed by atoms with E-state index in [1.807, 2.05) is 30.3 Å². The van der Waals surface area contributed by atoms with Gasteiger partial charge in [-0.05, 0) is 25.0 Å². The quantitative estimate of drug-likeness (QED) is 0.635. The van der Waals surface area contributed by atoms with Crippen LogP contribution in [0, 0.1) is 23.7 Å². The fraction of sp³-hybridized carbons (Fsp3) is 0.471. The van der Waals surface area contributed by atoms with Crippen molar-refractivity contribution in [2.24, 2.45) is 11.8 Å². The van der Waals surface area contributed by atoms with Crippen molar-refractivity contribution in [2.45, 2.75) is 31.5 Å². The maximum atomic E-state index is 10.6. The second-order valence-electron chi connectivity index (χ2n) is 5.25. The van der Waals surface area contributed by atoms with Gasteiger partial charge in [0.1, 0.15) is 24.7 Å². The largest absolute Gasteiger partial charge is 0.490 e. The molecule has 4 heteroatoms. The number of hydrogen-bond donors (Lipinski definition) is 2. The first-order chi connectivity index (χ1) is 10.2. The number of aldehydes is 1. The summed E-state index contributed by atoms with van der Waals surface area (Å²) in [5.41, 5.74) is 0. The van der Waals surface area contributed by atoms with Gasteiger partial charge >= 0.3 is 0 Å². The van der Waals surface area contributed by atoms with Crippen LogP contribution >= 0.6 is 0 Å². The van der Waals surface area contributed by atoms with Crippen molar-refractivity contribution in [3.05, 3.63) is 30.3 Å². The Kier molecular flexibility index (Phi) is 5.79. The third-order valence-corrected chi connectivity index (χ3v) is 3.74. The van der Waals surface area contributed by atoms with E-state index in [1.54, 1.807) is 0 Å². The maximum Gasteiger partial charge on any atom is 0.148 e. The fourth-order valence-electron chi connectivity index (χ4n) is 2.60. The van der Waals surface area contributed by atoms with Crippen LogP contribution < -0.4 is 4.74 Å². The summed E-state index contributed by atoms with van der Waals surface area (Å²) in [4.78, 5) is 10.6. The lowest BCUT2D eigenvalue weighted by molar-refractivity contribution is -0.109. The van der Waals surface area contributed by atoms with E-state index in [9.17, 15) is 15.0 Å². The highest BCUT2D eigenvalue weighted by Gasteiger charge is 2.33. The summed E-state index contributed by atoms with van der Waals surface area (Å²) in [5.74, 6) is 6.29. The van der Waals surface area contributed by atoms with E-state index in [1.165, 1.54) is 0 Å². The number of rotatable bonds is 5. The van der Waals surface area contributed by atoms with Gasteiger partial charge in [0.25, 0.3) is 0 Å². The first-order valence-corrected chi connectivity index (χ1v) is 7.19. The first-order valence-electron chi connectivity index (χ1n) is 7.19. The number of hydrogen-bond acceptors (Lipinski definition) is 4. The lowest BCUT2D eigenvalue weighted by atomic mass is 9.92. The highest BCUT2D eigenvalue weighted by Crippen LogP contribution is 2.33. The monoisotopic (exact) mass is 288 g/mol. The number of carbonyl (C=O) groups is 1. The van der Waals surface area contributed by atoms with E-state index in [0.717, 1.165) is 12.7 Å². The van der Waals surface area contributed by atoms with Crippen molar-refractivity contribution >= 4 is 6.29 Å². The molecule has 1 aromatic carbocycles. The highest BCUT2D eigenvalue weighted by atomic mass is 16.5. The number of aliphatic hydroxyl groups excluding tert-OH is 2. The Hall–Kier alpha value is -1.83. The zero-order valence-corrected chi connectivity index (χ0v) is 11.8. The van der Waals surface area contributed by atoms with E-state index < -0.39 is 12.2 Å². The van der Waals surface area contributed by atoms with Crippen molar-refractivity contribution in [3.63, 3.8) is 0 Å². The van der Waals surface area contributed by atoms with Gasteiger partial charge in [-0.1, -0.05) is 30.0 Å². The van der Waals surface area contributed by atoms with Crippen LogP contribution in [0.25, 0.3) is 0 Å². The molecule has 1 aromatic rings. The van der Waals surface area contributed by atoms with Gasteiger partial charge in [-0.2, -0.15) is 0 Å². The predicted molar refractivity (Wildman–Crippen MR) is 78.6 cm³/mol. The smallest absolute Gasteiger partial charge is 0.148 e. The minimum Gasteiger partial charge on any atom is -0.490 e. The molecule has 0 heterocycles. The summed E-state index contributed by atoms with van der Waals surface area (Å²) in [7, 11) is 0. The van der Waals surface area contributed by atoms with Crippen LogP contribution in [0.2, 0.25) is 0 Å². The summed E-state index contributed by atoms with van der Waals surface area (Å²) in [6.45, 7) is 0.102. The standard InChI is InChI=1S/C17H20O4/c18-11-10-16-13(7-9-17(16)20)6-8-14(19)12-21-15-4-2-1-3-5-15/h1-5,11,13-14,16-17,19-20H,7,9-10,12H2. The average Bonchev–Trinajstić information content (AvgIpc) is 2.85. The van der Waals surface area contributed by atoms with Crippen molar-refractivity contribution in [2.75, 3.05) is 6.61 Å². The van der Waals surface area contributed by atoms with Crippen molar-refractivity contribution < 1.29 is 19.7 Å². The molecule has 1 saturated carbocycles. The van der Waals surface area contributed by atoms with Crippen molar-refractivity contribution in [1.29, 1.82) is 0 Å².